The van der Waals surface area contributed by atoms with Gasteiger partial charge < -0.3 is 10.1 Å². The molecule has 2 heteroatoms. The van der Waals surface area contributed by atoms with Crippen molar-refractivity contribution in [3.63, 3.8) is 0 Å². The van der Waals surface area contributed by atoms with E-state index in [0.29, 0.717) is 12.1 Å². The molecule has 1 heterocycles. The third-order valence-corrected chi connectivity index (χ3v) is 1.79. The van der Waals surface area contributed by atoms with Gasteiger partial charge in [0.15, 0.2) is 0 Å². The Morgan fingerprint density at radius 3 is 2.73 bits per heavy atom. The summed E-state index contributed by atoms with van der Waals surface area (Å²) in [7, 11) is 0. The van der Waals surface area contributed by atoms with Crippen molar-refractivity contribution in [1.82, 2.24) is 5.32 Å². The predicted molar refractivity (Wildman–Crippen MR) is 48.8 cm³/mol. The summed E-state index contributed by atoms with van der Waals surface area (Å²) < 4.78 is 5.46. The second-order valence-electron chi connectivity index (χ2n) is 3.18. The van der Waals surface area contributed by atoms with Gasteiger partial charge in [-0.25, -0.2) is 0 Å². The van der Waals surface area contributed by atoms with E-state index in [9.17, 15) is 0 Å². The zero-order valence-corrected chi connectivity index (χ0v) is 6.89. The Balaban J connectivity index is 0.000001000. The molecular formula is C9H21NO. The summed E-state index contributed by atoms with van der Waals surface area (Å²) in [4.78, 5) is 0. The van der Waals surface area contributed by atoms with Crippen LogP contribution in [0.3, 0.4) is 0 Å². The van der Waals surface area contributed by atoms with Gasteiger partial charge in [-0.3, -0.25) is 0 Å². The summed E-state index contributed by atoms with van der Waals surface area (Å²) in [5.74, 6) is 0. The number of nitrogens with one attached hydrogen (secondary N) is 1. The SMILES string of the molecule is C.CC(C)OCC1CCCN1. The summed E-state index contributed by atoms with van der Waals surface area (Å²) in [6, 6.07) is 0.627. The molecule has 0 aromatic heterocycles. The lowest BCUT2D eigenvalue weighted by atomic mass is 10.2. The van der Waals surface area contributed by atoms with Crippen molar-refractivity contribution in [3.8, 4) is 0 Å². The summed E-state index contributed by atoms with van der Waals surface area (Å²) in [6.07, 6.45) is 2.97. The summed E-state index contributed by atoms with van der Waals surface area (Å²) in [5.41, 5.74) is 0. The first-order valence-electron chi connectivity index (χ1n) is 4.14. The Morgan fingerprint density at radius 1 is 1.55 bits per heavy atom. The van der Waals surface area contributed by atoms with E-state index >= 15 is 0 Å². The van der Waals surface area contributed by atoms with Crippen molar-refractivity contribution < 1.29 is 4.74 Å². The van der Waals surface area contributed by atoms with Crippen molar-refractivity contribution in [1.29, 1.82) is 0 Å². The molecule has 0 spiro atoms. The zero-order chi connectivity index (χ0) is 7.40. The summed E-state index contributed by atoms with van der Waals surface area (Å²) in [5, 5.41) is 3.39. The van der Waals surface area contributed by atoms with E-state index in [0.717, 1.165) is 6.61 Å². The molecule has 68 valence electrons. The molecule has 1 aliphatic rings. The number of hydrogen-bond donors (Lipinski definition) is 1. The maximum atomic E-state index is 5.46. The molecule has 0 radical (unpaired) electrons. The van der Waals surface area contributed by atoms with Gasteiger partial charge in [0.1, 0.15) is 0 Å². The molecule has 0 bridgehead atoms. The minimum atomic E-state index is 0. The predicted octanol–water partition coefficient (Wildman–Crippen LogP) is 1.80. The molecule has 0 saturated carbocycles. The van der Waals surface area contributed by atoms with Crippen molar-refractivity contribution in [2.75, 3.05) is 13.2 Å². The van der Waals surface area contributed by atoms with Crippen LogP contribution in [0.15, 0.2) is 0 Å². The highest BCUT2D eigenvalue weighted by Gasteiger charge is 2.13. The van der Waals surface area contributed by atoms with Gasteiger partial charge in [-0.2, -0.15) is 0 Å². The Bertz CT molecular complexity index is 87.6. The first-order valence-corrected chi connectivity index (χ1v) is 4.14. The third kappa shape index (κ3) is 4.38. The van der Waals surface area contributed by atoms with Crippen LogP contribution in [0.4, 0.5) is 0 Å². The molecule has 0 aromatic rings. The Morgan fingerprint density at radius 2 is 2.27 bits per heavy atom. The topological polar surface area (TPSA) is 21.3 Å². The number of hydrogen-bond acceptors (Lipinski definition) is 2. The minimum Gasteiger partial charge on any atom is -0.377 e. The average Bonchev–Trinajstić information content (AvgIpc) is 2.34. The fourth-order valence-electron chi connectivity index (χ4n) is 1.21. The van der Waals surface area contributed by atoms with E-state index in [-0.39, 0.29) is 7.43 Å². The Hall–Kier alpha value is -0.0800. The first-order chi connectivity index (χ1) is 4.79. The monoisotopic (exact) mass is 159 g/mol. The van der Waals surface area contributed by atoms with Crippen LogP contribution in [0.1, 0.15) is 34.1 Å². The highest BCUT2D eigenvalue weighted by molar-refractivity contribution is 4.73. The molecule has 1 unspecified atom stereocenters. The smallest absolute Gasteiger partial charge is 0.0623 e. The molecule has 1 rings (SSSR count). The molecule has 2 nitrogen and oxygen atoms in total. The number of ether oxygens (including phenoxy) is 1. The minimum absolute atomic E-state index is 0. The lowest BCUT2D eigenvalue weighted by Gasteiger charge is -2.12. The van der Waals surface area contributed by atoms with Gasteiger partial charge in [-0.05, 0) is 33.2 Å². The van der Waals surface area contributed by atoms with Crippen LogP contribution in [0.2, 0.25) is 0 Å². The number of rotatable bonds is 3. The maximum absolute atomic E-state index is 5.46. The van der Waals surface area contributed by atoms with E-state index in [4.69, 9.17) is 4.74 Å². The van der Waals surface area contributed by atoms with Crippen molar-refractivity contribution >= 4 is 0 Å². The van der Waals surface area contributed by atoms with E-state index in [1.165, 1.54) is 19.4 Å². The van der Waals surface area contributed by atoms with E-state index in [1.807, 2.05) is 0 Å². The lowest BCUT2D eigenvalue weighted by molar-refractivity contribution is 0.0649. The molecule has 1 atom stereocenters. The molecular weight excluding hydrogens is 138 g/mol. The van der Waals surface area contributed by atoms with Crippen LogP contribution in [-0.4, -0.2) is 25.3 Å². The van der Waals surface area contributed by atoms with E-state index in [2.05, 4.69) is 19.2 Å². The highest BCUT2D eigenvalue weighted by Crippen LogP contribution is 2.05. The largest absolute Gasteiger partial charge is 0.377 e. The van der Waals surface area contributed by atoms with E-state index in [1.54, 1.807) is 0 Å². The molecule has 11 heavy (non-hydrogen) atoms. The molecule has 1 saturated heterocycles. The van der Waals surface area contributed by atoms with Gasteiger partial charge in [0.05, 0.1) is 12.7 Å². The molecule has 1 N–H and O–H groups in total. The Kier molecular flexibility index (Phi) is 5.51. The van der Waals surface area contributed by atoms with Gasteiger partial charge in [-0.1, -0.05) is 7.43 Å². The van der Waals surface area contributed by atoms with Gasteiger partial charge in [0.2, 0.25) is 0 Å². The second kappa shape index (κ2) is 5.56. The molecule has 1 fully saturated rings. The van der Waals surface area contributed by atoms with Crippen LogP contribution in [0.25, 0.3) is 0 Å². The van der Waals surface area contributed by atoms with Crippen LogP contribution < -0.4 is 5.32 Å². The van der Waals surface area contributed by atoms with Gasteiger partial charge in [0.25, 0.3) is 0 Å². The standard InChI is InChI=1S/C8H17NO.CH4/c1-7(2)10-6-8-4-3-5-9-8;/h7-9H,3-6H2,1-2H3;1H4. The van der Waals surface area contributed by atoms with Crippen molar-refractivity contribution in [3.05, 3.63) is 0 Å². The summed E-state index contributed by atoms with van der Waals surface area (Å²) in [6.45, 7) is 6.22. The van der Waals surface area contributed by atoms with Crippen molar-refractivity contribution in [2.24, 2.45) is 0 Å². The van der Waals surface area contributed by atoms with Crippen LogP contribution >= 0.6 is 0 Å². The van der Waals surface area contributed by atoms with Gasteiger partial charge >= 0.3 is 0 Å². The van der Waals surface area contributed by atoms with Crippen LogP contribution in [0, 0.1) is 0 Å². The van der Waals surface area contributed by atoms with Crippen molar-refractivity contribution in [2.45, 2.75) is 46.3 Å². The second-order valence-corrected chi connectivity index (χ2v) is 3.18. The Labute approximate surface area is 70.3 Å². The zero-order valence-electron chi connectivity index (χ0n) is 6.89. The third-order valence-electron chi connectivity index (χ3n) is 1.79. The lowest BCUT2D eigenvalue weighted by Crippen LogP contribution is -2.28. The molecule has 0 amide bonds. The van der Waals surface area contributed by atoms with E-state index < -0.39 is 0 Å². The fraction of sp³-hybridized carbons (Fsp3) is 1.00. The normalized spacial score (nSPS) is 23.7. The quantitative estimate of drug-likeness (QED) is 0.678. The van der Waals surface area contributed by atoms with Gasteiger partial charge in [-0.15, -0.1) is 0 Å². The first kappa shape index (κ1) is 10.9. The summed E-state index contributed by atoms with van der Waals surface area (Å²) >= 11 is 0. The van der Waals surface area contributed by atoms with Crippen LogP contribution in [0.5, 0.6) is 0 Å². The fourth-order valence-corrected chi connectivity index (χ4v) is 1.21. The molecule has 0 aliphatic carbocycles. The maximum Gasteiger partial charge on any atom is 0.0623 e. The average molecular weight is 159 g/mol. The highest BCUT2D eigenvalue weighted by atomic mass is 16.5. The molecule has 0 aromatic carbocycles. The van der Waals surface area contributed by atoms with Crippen LogP contribution in [-0.2, 0) is 4.74 Å². The molecule has 1 aliphatic heterocycles. The van der Waals surface area contributed by atoms with Gasteiger partial charge in [0, 0.05) is 6.04 Å².